The molecule has 11 heavy (non-hydrogen) atoms. The molecule has 0 radical (unpaired) electrons. The molecular formula is C6H11NO4. The van der Waals surface area contributed by atoms with Gasteiger partial charge in [0.1, 0.15) is 0 Å². The molecule has 1 fully saturated rings. The Morgan fingerprint density at radius 2 is 2.09 bits per heavy atom. The number of aliphatic hydroxyl groups is 1. The largest absolute Gasteiger partial charge is 0.478 e. The lowest BCUT2D eigenvalue weighted by Crippen LogP contribution is -2.55. The monoisotopic (exact) mass is 161 g/mol. The number of carboxylic acid groups (broad SMARTS) is 1. The number of carboxylic acids is 1. The van der Waals surface area contributed by atoms with Crippen molar-refractivity contribution in [1.29, 1.82) is 0 Å². The van der Waals surface area contributed by atoms with Gasteiger partial charge in [-0.25, -0.2) is 4.79 Å². The van der Waals surface area contributed by atoms with E-state index < -0.39 is 11.7 Å². The molecule has 0 unspecified atom stereocenters. The van der Waals surface area contributed by atoms with Crippen LogP contribution in [0.4, 0.5) is 0 Å². The van der Waals surface area contributed by atoms with Crippen LogP contribution in [0.3, 0.4) is 0 Å². The molecule has 1 atom stereocenters. The molecule has 1 aliphatic rings. The highest BCUT2D eigenvalue weighted by Gasteiger charge is 2.43. The number of rotatable bonds is 1. The van der Waals surface area contributed by atoms with E-state index in [4.69, 9.17) is 10.3 Å². The predicted molar refractivity (Wildman–Crippen MR) is 34.9 cm³/mol. The average molecular weight is 161 g/mol. The Kier molecular flexibility index (Phi) is 2.12. The van der Waals surface area contributed by atoms with Crippen LogP contribution in [0.1, 0.15) is 19.3 Å². The van der Waals surface area contributed by atoms with E-state index in [2.05, 4.69) is 0 Å². The first-order chi connectivity index (χ1) is 5.07. The summed E-state index contributed by atoms with van der Waals surface area (Å²) in [5.74, 6) is -1.39. The van der Waals surface area contributed by atoms with Crippen LogP contribution in [0.25, 0.3) is 0 Å². The van der Waals surface area contributed by atoms with Crippen LogP contribution in [0.5, 0.6) is 0 Å². The van der Waals surface area contributed by atoms with Crippen LogP contribution < -0.4 is 0 Å². The molecule has 1 rings (SSSR count). The summed E-state index contributed by atoms with van der Waals surface area (Å²) in [7, 11) is 0. The highest BCUT2D eigenvalue weighted by atomic mass is 16.6. The molecule has 0 aliphatic carbocycles. The van der Waals surface area contributed by atoms with E-state index in [0.717, 1.165) is 0 Å². The topological polar surface area (TPSA) is 81.0 Å². The summed E-state index contributed by atoms with van der Waals surface area (Å²) in [6, 6.07) is 0. The highest BCUT2D eigenvalue weighted by Crippen LogP contribution is 2.23. The van der Waals surface area contributed by atoms with Gasteiger partial charge < -0.3 is 15.4 Å². The maximum Gasteiger partial charge on any atom is 0.353 e. The minimum Gasteiger partial charge on any atom is -0.478 e. The zero-order chi connectivity index (χ0) is 8.48. The number of piperidine rings is 1. The first-order valence-electron chi connectivity index (χ1n) is 3.49. The molecule has 1 heterocycles. The van der Waals surface area contributed by atoms with Crippen molar-refractivity contribution in [2.45, 2.75) is 25.0 Å². The Hall–Kier alpha value is -0.650. The van der Waals surface area contributed by atoms with E-state index in [0.29, 0.717) is 17.9 Å². The molecule has 5 nitrogen and oxygen atoms in total. The lowest BCUT2D eigenvalue weighted by atomic mass is 10.0. The first kappa shape index (κ1) is 8.45. The Labute approximate surface area is 63.8 Å². The fraction of sp³-hybridized carbons (Fsp3) is 0.833. The van der Waals surface area contributed by atoms with E-state index in [9.17, 15) is 9.90 Å². The van der Waals surface area contributed by atoms with Crippen molar-refractivity contribution in [3.63, 3.8) is 0 Å². The molecular weight excluding hydrogens is 150 g/mol. The number of hydrogen-bond acceptors (Lipinski definition) is 4. The molecule has 0 aromatic heterocycles. The quantitative estimate of drug-likeness (QED) is 0.489. The fourth-order valence-electron chi connectivity index (χ4n) is 1.16. The fourth-order valence-corrected chi connectivity index (χ4v) is 1.16. The van der Waals surface area contributed by atoms with Crippen molar-refractivity contribution >= 4 is 5.97 Å². The molecule has 64 valence electrons. The van der Waals surface area contributed by atoms with Gasteiger partial charge in [-0.1, -0.05) is 0 Å². The van der Waals surface area contributed by atoms with Crippen molar-refractivity contribution in [3.8, 4) is 0 Å². The number of aliphatic carboxylic acids is 1. The van der Waals surface area contributed by atoms with Gasteiger partial charge in [-0.15, -0.1) is 0 Å². The first-order valence-corrected chi connectivity index (χ1v) is 3.49. The maximum atomic E-state index is 10.4. The zero-order valence-electron chi connectivity index (χ0n) is 6.03. The highest BCUT2D eigenvalue weighted by molar-refractivity contribution is 5.76. The lowest BCUT2D eigenvalue weighted by Gasteiger charge is -2.34. The number of carbonyl (C=O) groups is 1. The summed E-state index contributed by atoms with van der Waals surface area (Å²) in [6.07, 6.45) is 1.42. The summed E-state index contributed by atoms with van der Waals surface area (Å²) in [5, 5.41) is 27.3. The SMILES string of the molecule is O=C(O)[C@]1(O)CCCCN1O. The van der Waals surface area contributed by atoms with Gasteiger partial charge in [0.15, 0.2) is 0 Å². The Bertz CT molecular complexity index is 172. The summed E-state index contributed by atoms with van der Waals surface area (Å²) in [5.41, 5.74) is -2.06. The van der Waals surface area contributed by atoms with Crippen molar-refractivity contribution in [2.75, 3.05) is 6.54 Å². The van der Waals surface area contributed by atoms with Gasteiger partial charge in [0.2, 0.25) is 5.72 Å². The van der Waals surface area contributed by atoms with Gasteiger partial charge in [-0.05, 0) is 12.8 Å². The standard InChI is InChI=1S/C6H11NO4/c8-5(9)6(10)3-1-2-4-7(6)11/h10-11H,1-4H2,(H,8,9)/t6-/m1/s1. The molecule has 0 saturated carbocycles. The lowest BCUT2D eigenvalue weighted by molar-refractivity contribution is -0.274. The molecule has 0 spiro atoms. The summed E-state index contributed by atoms with van der Waals surface area (Å²) < 4.78 is 0. The minimum atomic E-state index is -2.06. The molecule has 0 amide bonds. The van der Waals surface area contributed by atoms with Crippen LogP contribution in [0, 0.1) is 0 Å². The molecule has 5 heteroatoms. The Morgan fingerprint density at radius 1 is 1.45 bits per heavy atom. The van der Waals surface area contributed by atoms with Gasteiger partial charge in [0.05, 0.1) is 0 Å². The van der Waals surface area contributed by atoms with E-state index >= 15 is 0 Å². The molecule has 0 aromatic rings. The second-order valence-corrected chi connectivity index (χ2v) is 2.70. The third-order valence-electron chi connectivity index (χ3n) is 1.91. The normalized spacial score (nSPS) is 33.6. The third kappa shape index (κ3) is 1.35. The molecule has 3 N–H and O–H groups in total. The number of hydrogen-bond donors (Lipinski definition) is 3. The average Bonchev–Trinajstić information content (AvgIpc) is 1.95. The smallest absolute Gasteiger partial charge is 0.353 e. The van der Waals surface area contributed by atoms with Crippen molar-refractivity contribution < 1.29 is 20.2 Å². The van der Waals surface area contributed by atoms with Gasteiger partial charge >= 0.3 is 5.97 Å². The molecule has 1 saturated heterocycles. The summed E-state index contributed by atoms with van der Waals surface area (Å²) in [6.45, 7) is 0.211. The Morgan fingerprint density at radius 3 is 2.45 bits per heavy atom. The van der Waals surface area contributed by atoms with Gasteiger partial charge in [0, 0.05) is 13.0 Å². The molecule has 1 aliphatic heterocycles. The second kappa shape index (κ2) is 2.77. The minimum absolute atomic E-state index is 0.0822. The predicted octanol–water partition coefficient (Wildman–Crippen LogP) is -0.365. The van der Waals surface area contributed by atoms with Crippen molar-refractivity contribution in [3.05, 3.63) is 0 Å². The van der Waals surface area contributed by atoms with E-state index in [1.807, 2.05) is 0 Å². The molecule has 0 aromatic carbocycles. The zero-order valence-corrected chi connectivity index (χ0v) is 6.03. The number of hydroxylamine groups is 2. The van der Waals surface area contributed by atoms with Gasteiger partial charge in [0.25, 0.3) is 0 Å². The van der Waals surface area contributed by atoms with Crippen LogP contribution in [-0.2, 0) is 4.79 Å². The summed E-state index contributed by atoms with van der Waals surface area (Å²) >= 11 is 0. The third-order valence-corrected chi connectivity index (χ3v) is 1.91. The van der Waals surface area contributed by atoms with E-state index in [1.54, 1.807) is 0 Å². The number of nitrogens with zero attached hydrogens (tertiary/aromatic N) is 1. The van der Waals surface area contributed by atoms with Gasteiger partial charge in [-0.3, -0.25) is 0 Å². The van der Waals surface area contributed by atoms with Crippen LogP contribution in [0.2, 0.25) is 0 Å². The second-order valence-electron chi connectivity index (χ2n) is 2.70. The van der Waals surface area contributed by atoms with Crippen LogP contribution in [-0.4, -0.2) is 38.7 Å². The molecule has 0 bridgehead atoms. The van der Waals surface area contributed by atoms with Crippen LogP contribution in [0.15, 0.2) is 0 Å². The Balaban J connectivity index is 2.72. The van der Waals surface area contributed by atoms with Crippen molar-refractivity contribution in [1.82, 2.24) is 5.06 Å². The van der Waals surface area contributed by atoms with E-state index in [1.165, 1.54) is 0 Å². The van der Waals surface area contributed by atoms with Crippen LogP contribution >= 0.6 is 0 Å². The van der Waals surface area contributed by atoms with Crippen molar-refractivity contribution in [2.24, 2.45) is 0 Å². The maximum absolute atomic E-state index is 10.4. The van der Waals surface area contributed by atoms with Gasteiger partial charge in [-0.2, -0.15) is 5.06 Å². The van der Waals surface area contributed by atoms with E-state index in [-0.39, 0.29) is 13.0 Å². The summed E-state index contributed by atoms with van der Waals surface area (Å²) in [4.78, 5) is 10.4.